The number of hydrogen-bond donors (Lipinski definition) is 0. The number of likely N-dealkylation sites (N-methyl/N-ethyl adjacent to an activating group) is 1. The average molecular weight is 471 g/mol. The molecule has 10 heteroatoms. The highest BCUT2D eigenvalue weighted by atomic mass is 32.2. The maximum absolute atomic E-state index is 13.5. The Bertz CT molecular complexity index is 1440. The quantitative estimate of drug-likeness (QED) is 0.519. The predicted octanol–water partition coefficient (Wildman–Crippen LogP) is 1.05. The Labute approximate surface area is 191 Å². The molecular weight excluding hydrogens is 444 g/mol. The largest absolute Gasteiger partial charge is 0.340 e. The zero-order valence-electron chi connectivity index (χ0n) is 18.8. The number of carbonyl (C=O) groups is 1. The van der Waals surface area contributed by atoms with Crippen LogP contribution < -0.4 is 11.1 Å². The average Bonchev–Trinajstić information content (AvgIpc) is 3.32. The molecule has 0 unspecified atom stereocenters. The molecule has 1 saturated heterocycles. The van der Waals surface area contributed by atoms with E-state index in [2.05, 4.69) is 0 Å². The molecule has 4 rings (SSSR count). The molecule has 1 amide bonds. The van der Waals surface area contributed by atoms with Crippen molar-refractivity contribution in [3.8, 4) is 0 Å². The van der Waals surface area contributed by atoms with E-state index in [9.17, 15) is 22.8 Å². The van der Waals surface area contributed by atoms with Crippen LogP contribution in [-0.2, 0) is 35.5 Å². The van der Waals surface area contributed by atoms with Gasteiger partial charge in [-0.3, -0.25) is 14.4 Å². The second kappa shape index (κ2) is 8.60. The van der Waals surface area contributed by atoms with E-state index >= 15 is 0 Å². The standard InChI is InChI=1S/C23H26N4O5S/c1-24(15-16-8-5-4-6-9-16)21(28)19-10-7-13-27(19)33(31,32)17-11-12-18-20(14-17)26(3)23(30)22(29)25(18)2/h4-6,8-9,11-12,14,19H,7,10,13,15H2,1-3H3/t19-/m1/s1. The lowest BCUT2D eigenvalue weighted by molar-refractivity contribution is -0.133. The number of aryl methyl sites for hydroxylation is 2. The highest BCUT2D eigenvalue weighted by Gasteiger charge is 2.40. The number of rotatable bonds is 5. The lowest BCUT2D eigenvalue weighted by Gasteiger charge is -2.27. The summed E-state index contributed by atoms with van der Waals surface area (Å²) in [4.78, 5) is 39.0. The van der Waals surface area contributed by atoms with Gasteiger partial charge in [-0.2, -0.15) is 4.31 Å². The molecule has 0 radical (unpaired) electrons. The second-order valence-electron chi connectivity index (χ2n) is 8.33. The van der Waals surface area contributed by atoms with Crippen molar-refractivity contribution in [1.29, 1.82) is 0 Å². The van der Waals surface area contributed by atoms with Crippen molar-refractivity contribution in [2.45, 2.75) is 30.3 Å². The summed E-state index contributed by atoms with van der Waals surface area (Å²) in [6.45, 7) is 0.623. The van der Waals surface area contributed by atoms with Crippen LogP contribution in [0.5, 0.6) is 0 Å². The first-order chi connectivity index (χ1) is 15.6. The van der Waals surface area contributed by atoms with Gasteiger partial charge in [-0.25, -0.2) is 8.42 Å². The Morgan fingerprint density at radius 3 is 2.30 bits per heavy atom. The van der Waals surface area contributed by atoms with E-state index in [1.807, 2.05) is 30.3 Å². The molecule has 2 aromatic carbocycles. The minimum Gasteiger partial charge on any atom is -0.340 e. The van der Waals surface area contributed by atoms with Crippen LogP contribution in [0.1, 0.15) is 18.4 Å². The molecule has 9 nitrogen and oxygen atoms in total. The summed E-state index contributed by atoms with van der Waals surface area (Å²) in [5.41, 5.74) is 0.300. The van der Waals surface area contributed by atoms with Gasteiger partial charge in [0, 0.05) is 34.2 Å². The summed E-state index contributed by atoms with van der Waals surface area (Å²) < 4.78 is 30.6. The SMILES string of the molecule is CN(Cc1ccccc1)C(=O)[C@H]1CCCN1S(=O)(=O)c1ccc2c(c1)n(C)c(=O)c(=O)n2C. The fraction of sp³-hybridized carbons (Fsp3) is 0.348. The Balaban J connectivity index is 1.67. The van der Waals surface area contributed by atoms with Crippen LogP contribution in [0.25, 0.3) is 11.0 Å². The number of aromatic nitrogens is 2. The van der Waals surface area contributed by atoms with Gasteiger partial charge in [0.2, 0.25) is 15.9 Å². The number of carbonyl (C=O) groups excluding carboxylic acids is 1. The minimum atomic E-state index is -4.00. The van der Waals surface area contributed by atoms with Crippen LogP contribution in [0, 0.1) is 0 Å². The smallest absolute Gasteiger partial charge is 0.316 e. The van der Waals surface area contributed by atoms with Gasteiger partial charge in [0.25, 0.3) is 0 Å². The summed E-state index contributed by atoms with van der Waals surface area (Å²) in [6, 6.07) is 13.0. The Morgan fingerprint density at radius 1 is 1.00 bits per heavy atom. The number of nitrogens with zero attached hydrogens (tertiary/aromatic N) is 4. The van der Waals surface area contributed by atoms with Crippen molar-refractivity contribution >= 4 is 27.0 Å². The van der Waals surface area contributed by atoms with Crippen molar-refractivity contribution in [3.05, 3.63) is 74.8 Å². The summed E-state index contributed by atoms with van der Waals surface area (Å²) in [6.07, 6.45) is 1.02. The fourth-order valence-electron chi connectivity index (χ4n) is 4.32. The third-order valence-electron chi connectivity index (χ3n) is 6.20. The van der Waals surface area contributed by atoms with Crippen LogP contribution in [0.4, 0.5) is 0 Å². The molecule has 1 aliphatic rings. The number of benzene rings is 2. The van der Waals surface area contributed by atoms with E-state index in [1.165, 1.54) is 41.2 Å². The molecule has 174 valence electrons. The van der Waals surface area contributed by atoms with Gasteiger partial charge in [0.1, 0.15) is 6.04 Å². The molecule has 1 aliphatic heterocycles. The molecule has 33 heavy (non-hydrogen) atoms. The van der Waals surface area contributed by atoms with Crippen molar-refractivity contribution in [1.82, 2.24) is 18.3 Å². The van der Waals surface area contributed by atoms with Crippen molar-refractivity contribution in [3.63, 3.8) is 0 Å². The highest BCUT2D eigenvalue weighted by Crippen LogP contribution is 2.28. The maximum Gasteiger partial charge on any atom is 0.316 e. The summed E-state index contributed by atoms with van der Waals surface area (Å²) in [5, 5.41) is 0. The Kier molecular flexibility index (Phi) is 5.98. The van der Waals surface area contributed by atoms with Crippen LogP contribution in [-0.4, -0.2) is 52.3 Å². The Hall–Kier alpha value is -3.24. The van der Waals surface area contributed by atoms with Gasteiger partial charge in [0.15, 0.2) is 0 Å². The van der Waals surface area contributed by atoms with E-state index in [4.69, 9.17) is 0 Å². The second-order valence-corrected chi connectivity index (χ2v) is 10.2. The predicted molar refractivity (Wildman–Crippen MR) is 124 cm³/mol. The zero-order valence-corrected chi connectivity index (χ0v) is 19.6. The van der Waals surface area contributed by atoms with Crippen LogP contribution in [0.3, 0.4) is 0 Å². The summed E-state index contributed by atoms with van der Waals surface area (Å²) >= 11 is 0. The first kappa shape index (κ1) is 22.9. The van der Waals surface area contributed by atoms with E-state index in [1.54, 1.807) is 11.9 Å². The maximum atomic E-state index is 13.5. The summed E-state index contributed by atoms with van der Waals surface area (Å²) in [5.74, 6) is -0.254. The van der Waals surface area contributed by atoms with Crippen molar-refractivity contribution in [2.75, 3.05) is 13.6 Å². The molecule has 0 saturated carbocycles. The van der Waals surface area contributed by atoms with Crippen molar-refractivity contribution in [2.24, 2.45) is 14.1 Å². The molecule has 0 aliphatic carbocycles. The van der Waals surface area contributed by atoms with Crippen LogP contribution in [0.2, 0.25) is 0 Å². The number of hydrogen-bond acceptors (Lipinski definition) is 5. The van der Waals surface area contributed by atoms with Gasteiger partial charge in [-0.05, 0) is 36.6 Å². The molecule has 0 bridgehead atoms. The van der Waals surface area contributed by atoms with Gasteiger partial charge < -0.3 is 14.0 Å². The monoisotopic (exact) mass is 470 g/mol. The minimum absolute atomic E-state index is 0.0194. The molecule has 1 atom stereocenters. The lowest BCUT2D eigenvalue weighted by atomic mass is 10.1. The first-order valence-corrected chi connectivity index (χ1v) is 12.1. The lowest BCUT2D eigenvalue weighted by Crippen LogP contribution is -2.46. The van der Waals surface area contributed by atoms with Gasteiger partial charge in [0.05, 0.1) is 15.9 Å². The first-order valence-electron chi connectivity index (χ1n) is 10.6. The molecular formula is C23H26N4O5S. The normalized spacial score (nSPS) is 16.9. The molecule has 1 fully saturated rings. The number of sulfonamides is 1. The number of amides is 1. The topological polar surface area (TPSA) is 102 Å². The Morgan fingerprint density at radius 2 is 1.64 bits per heavy atom. The van der Waals surface area contributed by atoms with Crippen LogP contribution in [0.15, 0.2) is 63.0 Å². The molecule has 0 N–H and O–H groups in total. The van der Waals surface area contributed by atoms with Gasteiger partial charge >= 0.3 is 11.1 Å². The fourth-order valence-corrected chi connectivity index (χ4v) is 5.99. The third kappa shape index (κ3) is 4.00. The molecule has 1 aromatic heterocycles. The van der Waals surface area contributed by atoms with E-state index in [0.29, 0.717) is 30.4 Å². The summed E-state index contributed by atoms with van der Waals surface area (Å²) in [7, 11) is 0.575. The highest BCUT2D eigenvalue weighted by molar-refractivity contribution is 7.89. The van der Waals surface area contributed by atoms with Gasteiger partial charge in [-0.1, -0.05) is 30.3 Å². The molecule has 3 aromatic rings. The van der Waals surface area contributed by atoms with Crippen LogP contribution >= 0.6 is 0 Å². The zero-order chi connectivity index (χ0) is 23.9. The molecule has 2 heterocycles. The van der Waals surface area contributed by atoms with E-state index in [0.717, 1.165) is 10.1 Å². The van der Waals surface area contributed by atoms with Crippen molar-refractivity contribution < 1.29 is 13.2 Å². The third-order valence-corrected chi connectivity index (χ3v) is 8.10. The number of fused-ring (bicyclic) bond motifs is 1. The van der Waals surface area contributed by atoms with Gasteiger partial charge in [-0.15, -0.1) is 0 Å². The van der Waals surface area contributed by atoms with E-state index in [-0.39, 0.29) is 17.3 Å². The molecule has 0 spiro atoms. The van der Waals surface area contributed by atoms with E-state index < -0.39 is 27.2 Å².